The van der Waals surface area contributed by atoms with Gasteiger partial charge in [0.2, 0.25) is 0 Å². The standard InChI is InChI=1S/C21H14N4O3/c1-12-2-4-14(5-3-12)21(27)28-15-8-6-13(7-9-15)18-16(10-22)19(24)25-20(26)17(18)11-23/h2-9H,1H3,(H3,24,25,26). The molecule has 7 heteroatoms. The largest absolute Gasteiger partial charge is 0.423 e. The Morgan fingerprint density at radius 2 is 1.61 bits per heavy atom. The molecule has 0 aliphatic carbocycles. The number of nitrogen functional groups attached to an aromatic ring is 1. The van der Waals surface area contributed by atoms with Gasteiger partial charge in [-0.3, -0.25) is 4.79 Å². The van der Waals surface area contributed by atoms with E-state index >= 15 is 0 Å². The number of hydrogen-bond acceptors (Lipinski definition) is 6. The van der Waals surface area contributed by atoms with Crippen LogP contribution in [0, 0.1) is 29.6 Å². The quantitative estimate of drug-likeness (QED) is 0.538. The van der Waals surface area contributed by atoms with Crippen molar-refractivity contribution in [1.82, 2.24) is 4.98 Å². The minimum absolute atomic E-state index is 0.000509. The number of hydrogen-bond donors (Lipinski definition) is 2. The van der Waals surface area contributed by atoms with Crippen molar-refractivity contribution >= 4 is 11.8 Å². The maximum absolute atomic E-state index is 12.2. The molecule has 0 fully saturated rings. The first-order chi connectivity index (χ1) is 13.4. The van der Waals surface area contributed by atoms with Crippen LogP contribution in [-0.2, 0) is 0 Å². The molecule has 3 aromatic rings. The van der Waals surface area contributed by atoms with E-state index in [0.717, 1.165) is 5.56 Å². The Balaban J connectivity index is 1.95. The van der Waals surface area contributed by atoms with Crippen LogP contribution in [0.1, 0.15) is 27.0 Å². The van der Waals surface area contributed by atoms with Gasteiger partial charge in [-0.05, 0) is 36.8 Å². The summed E-state index contributed by atoms with van der Waals surface area (Å²) >= 11 is 0. The maximum atomic E-state index is 12.2. The second-order valence-corrected chi connectivity index (χ2v) is 6.00. The molecule has 0 saturated carbocycles. The van der Waals surface area contributed by atoms with Gasteiger partial charge in [0.05, 0.1) is 5.56 Å². The number of ether oxygens (including phenoxy) is 1. The number of esters is 1. The van der Waals surface area contributed by atoms with E-state index in [1.165, 1.54) is 12.1 Å². The lowest BCUT2D eigenvalue weighted by molar-refractivity contribution is 0.0735. The van der Waals surface area contributed by atoms with Gasteiger partial charge in [-0.25, -0.2) is 4.79 Å². The summed E-state index contributed by atoms with van der Waals surface area (Å²) in [6.07, 6.45) is 0. The number of benzene rings is 2. The van der Waals surface area contributed by atoms with Gasteiger partial charge in [0.15, 0.2) is 0 Å². The molecular weight excluding hydrogens is 356 g/mol. The molecule has 0 aliphatic rings. The normalized spacial score (nSPS) is 9.96. The average Bonchev–Trinajstić information content (AvgIpc) is 2.68. The fourth-order valence-electron chi connectivity index (χ4n) is 2.68. The number of H-pyrrole nitrogens is 1. The Morgan fingerprint density at radius 1 is 1.00 bits per heavy atom. The topological polar surface area (TPSA) is 133 Å². The number of pyridine rings is 1. The van der Waals surface area contributed by atoms with E-state index in [1.54, 1.807) is 30.3 Å². The summed E-state index contributed by atoms with van der Waals surface area (Å²) < 4.78 is 5.33. The highest BCUT2D eigenvalue weighted by Crippen LogP contribution is 2.29. The SMILES string of the molecule is Cc1ccc(C(=O)Oc2ccc(-c3c(C#N)c(N)[nH]c(=O)c3C#N)cc2)cc1. The lowest BCUT2D eigenvalue weighted by atomic mass is 9.96. The Bertz CT molecular complexity index is 1200. The molecule has 0 amide bonds. The van der Waals surface area contributed by atoms with E-state index in [0.29, 0.717) is 11.1 Å². The highest BCUT2D eigenvalue weighted by molar-refractivity contribution is 5.91. The van der Waals surface area contributed by atoms with Crippen LogP contribution in [0.3, 0.4) is 0 Å². The molecular formula is C21H14N4O3. The second-order valence-electron chi connectivity index (χ2n) is 6.00. The molecule has 1 aromatic heterocycles. The third-order valence-electron chi connectivity index (χ3n) is 4.11. The number of carbonyl (C=O) groups excluding carboxylic acids is 1. The van der Waals surface area contributed by atoms with Crippen molar-refractivity contribution in [2.75, 3.05) is 5.73 Å². The van der Waals surface area contributed by atoms with Gasteiger partial charge in [0.1, 0.15) is 34.8 Å². The predicted octanol–water partition coefficient (Wildman–Crippen LogP) is 2.90. The summed E-state index contributed by atoms with van der Waals surface area (Å²) in [7, 11) is 0. The number of nitriles is 2. The van der Waals surface area contributed by atoms with Crippen molar-refractivity contribution in [2.24, 2.45) is 0 Å². The predicted molar refractivity (Wildman–Crippen MR) is 102 cm³/mol. The summed E-state index contributed by atoms with van der Waals surface area (Å²) in [5, 5.41) is 18.7. The number of aromatic nitrogens is 1. The molecule has 0 unspecified atom stereocenters. The summed E-state index contributed by atoms with van der Waals surface area (Å²) in [4.78, 5) is 26.5. The van der Waals surface area contributed by atoms with Crippen LogP contribution in [-0.4, -0.2) is 11.0 Å². The van der Waals surface area contributed by atoms with Crippen molar-refractivity contribution < 1.29 is 9.53 Å². The summed E-state index contributed by atoms with van der Waals surface area (Å²) in [6, 6.07) is 16.8. The molecule has 2 aromatic carbocycles. The minimum Gasteiger partial charge on any atom is -0.423 e. The number of anilines is 1. The lowest BCUT2D eigenvalue weighted by Crippen LogP contribution is -2.16. The molecule has 0 bridgehead atoms. The summed E-state index contributed by atoms with van der Waals surface area (Å²) in [6.45, 7) is 1.92. The number of carbonyl (C=O) groups is 1. The van der Waals surface area contributed by atoms with Gasteiger partial charge in [0.25, 0.3) is 5.56 Å². The van der Waals surface area contributed by atoms with Crippen LogP contribution in [0.5, 0.6) is 5.75 Å². The zero-order valence-electron chi connectivity index (χ0n) is 14.8. The third-order valence-corrected chi connectivity index (χ3v) is 4.11. The van der Waals surface area contributed by atoms with E-state index in [4.69, 9.17) is 10.5 Å². The Labute approximate surface area is 160 Å². The number of aromatic amines is 1. The van der Waals surface area contributed by atoms with E-state index in [-0.39, 0.29) is 28.3 Å². The molecule has 3 N–H and O–H groups in total. The van der Waals surface area contributed by atoms with E-state index in [9.17, 15) is 20.1 Å². The Kier molecular flexibility index (Phi) is 4.93. The van der Waals surface area contributed by atoms with E-state index in [2.05, 4.69) is 4.98 Å². The molecule has 136 valence electrons. The average molecular weight is 370 g/mol. The van der Waals surface area contributed by atoms with Gasteiger partial charge in [-0.15, -0.1) is 0 Å². The first kappa shape index (κ1) is 18.4. The van der Waals surface area contributed by atoms with Crippen LogP contribution in [0.25, 0.3) is 11.1 Å². The van der Waals surface area contributed by atoms with Crippen LogP contribution in [0.4, 0.5) is 5.82 Å². The fourth-order valence-corrected chi connectivity index (χ4v) is 2.68. The number of aryl methyl sites for hydroxylation is 1. The monoisotopic (exact) mass is 370 g/mol. The smallest absolute Gasteiger partial charge is 0.343 e. The van der Waals surface area contributed by atoms with Crippen molar-refractivity contribution in [1.29, 1.82) is 10.5 Å². The number of nitrogens with one attached hydrogen (secondary N) is 1. The maximum Gasteiger partial charge on any atom is 0.343 e. The van der Waals surface area contributed by atoms with E-state index in [1.807, 2.05) is 25.1 Å². The molecule has 0 aliphatic heterocycles. The molecule has 0 radical (unpaired) electrons. The van der Waals surface area contributed by atoms with Crippen molar-refractivity contribution in [3.05, 3.63) is 81.1 Å². The minimum atomic E-state index is -0.677. The Hall–Kier alpha value is -4.36. The summed E-state index contributed by atoms with van der Waals surface area (Å²) in [5.74, 6) is -0.343. The summed E-state index contributed by atoms with van der Waals surface area (Å²) in [5.41, 5.74) is 6.83. The molecule has 28 heavy (non-hydrogen) atoms. The highest BCUT2D eigenvalue weighted by atomic mass is 16.5. The zero-order valence-corrected chi connectivity index (χ0v) is 14.8. The molecule has 3 rings (SSSR count). The van der Waals surface area contributed by atoms with Crippen molar-refractivity contribution in [2.45, 2.75) is 6.92 Å². The van der Waals surface area contributed by atoms with E-state index < -0.39 is 11.5 Å². The van der Waals surface area contributed by atoms with Crippen LogP contribution in [0.15, 0.2) is 53.3 Å². The van der Waals surface area contributed by atoms with Crippen LogP contribution in [0.2, 0.25) is 0 Å². The van der Waals surface area contributed by atoms with Crippen molar-refractivity contribution in [3.8, 4) is 29.0 Å². The third kappa shape index (κ3) is 3.46. The van der Waals surface area contributed by atoms with Gasteiger partial charge in [0, 0.05) is 5.56 Å². The molecule has 7 nitrogen and oxygen atoms in total. The van der Waals surface area contributed by atoms with Crippen LogP contribution >= 0.6 is 0 Å². The first-order valence-corrected chi connectivity index (χ1v) is 8.20. The van der Waals surface area contributed by atoms with Gasteiger partial charge < -0.3 is 15.5 Å². The zero-order chi connectivity index (χ0) is 20.3. The molecule has 0 saturated heterocycles. The highest BCUT2D eigenvalue weighted by Gasteiger charge is 2.18. The molecule has 0 spiro atoms. The number of nitrogens with two attached hydrogens (primary N) is 1. The van der Waals surface area contributed by atoms with Crippen molar-refractivity contribution in [3.63, 3.8) is 0 Å². The van der Waals surface area contributed by atoms with Gasteiger partial charge in [-0.2, -0.15) is 10.5 Å². The van der Waals surface area contributed by atoms with Gasteiger partial charge >= 0.3 is 5.97 Å². The molecule has 1 heterocycles. The fraction of sp³-hybridized carbons (Fsp3) is 0.0476. The second kappa shape index (κ2) is 7.48. The number of rotatable bonds is 3. The lowest BCUT2D eigenvalue weighted by Gasteiger charge is -2.10. The first-order valence-electron chi connectivity index (χ1n) is 8.20. The number of nitrogens with zero attached hydrogens (tertiary/aromatic N) is 2. The van der Waals surface area contributed by atoms with Gasteiger partial charge in [-0.1, -0.05) is 29.8 Å². The Morgan fingerprint density at radius 3 is 2.18 bits per heavy atom. The van der Waals surface area contributed by atoms with Crippen LogP contribution < -0.4 is 16.0 Å². The molecule has 0 atom stereocenters.